The molecular formula is C23H15BrClN. The molecule has 3 aromatic carbocycles. The Bertz CT molecular complexity index is 1040. The second-order valence-electron chi connectivity index (χ2n) is 6.01. The van der Waals surface area contributed by atoms with E-state index in [1.807, 2.05) is 42.5 Å². The molecule has 126 valence electrons. The molecule has 0 fully saturated rings. The summed E-state index contributed by atoms with van der Waals surface area (Å²) in [7, 11) is 0. The highest BCUT2D eigenvalue weighted by molar-refractivity contribution is 9.10. The van der Waals surface area contributed by atoms with Crippen LogP contribution in [-0.2, 0) is 0 Å². The number of hydrogen-bond acceptors (Lipinski definition) is 1. The average Bonchev–Trinajstić information content (AvgIpc) is 2.69. The summed E-state index contributed by atoms with van der Waals surface area (Å²) in [6, 6.07) is 30.6. The summed E-state index contributed by atoms with van der Waals surface area (Å²) in [5, 5.41) is 0.722. The van der Waals surface area contributed by atoms with Gasteiger partial charge in [0.2, 0.25) is 0 Å². The minimum absolute atomic E-state index is 0.722. The van der Waals surface area contributed by atoms with Crippen LogP contribution >= 0.6 is 27.5 Å². The Balaban J connectivity index is 1.91. The van der Waals surface area contributed by atoms with E-state index in [1.54, 1.807) is 0 Å². The summed E-state index contributed by atoms with van der Waals surface area (Å²) in [5.41, 5.74) is 6.30. The standard InChI is InChI=1S/C23H15BrClN/c24-20-8-4-7-18(13-20)23-15-19(16-5-2-1-3-6-16)14-22(26-23)17-9-11-21(25)12-10-17/h1-15H. The van der Waals surface area contributed by atoms with Crippen LogP contribution in [0.3, 0.4) is 0 Å². The molecule has 0 spiro atoms. The fraction of sp³-hybridized carbons (Fsp3) is 0. The van der Waals surface area contributed by atoms with Gasteiger partial charge in [0.25, 0.3) is 0 Å². The number of nitrogens with zero attached hydrogens (tertiary/aromatic N) is 1. The zero-order valence-corrected chi connectivity index (χ0v) is 16.2. The summed E-state index contributed by atoms with van der Waals surface area (Å²) >= 11 is 9.60. The lowest BCUT2D eigenvalue weighted by molar-refractivity contribution is 1.32. The first-order chi connectivity index (χ1) is 12.7. The van der Waals surface area contributed by atoms with E-state index in [0.29, 0.717) is 0 Å². The Labute approximate surface area is 166 Å². The van der Waals surface area contributed by atoms with Gasteiger partial charge in [-0.05, 0) is 47.5 Å². The molecule has 1 heterocycles. The molecule has 0 bridgehead atoms. The van der Waals surface area contributed by atoms with Crippen LogP contribution in [0.2, 0.25) is 5.02 Å². The largest absolute Gasteiger partial charge is 0.248 e. The number of rotatable bonds is 3. The Morgan fingerprint density at radius 1 is 0.577 bits per heavy atom. The van der Waals surface area contributed by atoms with Gasteiger partial charge in [0.05, 0.1) is 11.4 Å². The summed E-state index contributed by atoms with van der Waals surface area (Å²) < 4.78 is 1.04. The van der Waals surface area contributed by atoms with Crippen LogP contribution in [0.1, 0.15) is 0 Å². The molecule has 4 rings (SSSR count). The van der Waals surface area contributed by atoms with Crippen molar-refractivity contribution in [1.29, 1.82) is 0 Å². The Morgan fingerprint density at radius 2 is 1.23 bits per heavy atom. The number of benzene rings is 3. The predicted molar refractivity (Wildman–Crippen MR) is 113 cm³/mol. The van der Waals surface area contributed by atoms with Crippen molar-refractivity contribution in [2.24, 2.45) is 0 Å². The van der Waals surface area contributed by atoms with Crippen molar-refractivity contribution in [1.82, 2.24) is 4.98 Å². The van der Waals surface area contributed by atoms with Crippen LogP contribution < -0.4 is 0 Å². The lowest BCUT2D eigenvalue weighted by atomic mass is 10.00. The van der Waals surface area contributed by atoms with Crippen molar-refractivity contribution in [2.45, 2.75) is 0 Å². The van der Waals surface area contributed by atoms with E-state index < -0.39 is 0 Å². The van der Waals surface area contributed by atoms with E-state index in [4.69, 9.17) is 16.6 Å². The van der Waals surface area contributed by atoms with E-state index in [2.05, 4.69) is 64.5 Å². The van der Waals surface area contributed by atoms with Crippen LogP contribution in [0.15, 0.2) is 95.5 Å². The minimum Gasteiger partial charge on any atom is -0.248 e. The quantitative estimate of drug-likeness (QED) is 0.334. The van der Waals surface area contributed by atoms with Crippen molar-refractivity contribution in [3.05, 3.63) is 100 Å². The molecule has 0 atom stereocenters. The van der Waals surface area contributed by atoms with Crippen molar-refractivity contribution in [2.75, 3.05) is 0 Å². The highest BCUT2D eigenvalue weighted by atomic mass is 79.9. The second-order valence-corrected chi connectivity index (χ2v) is 7.36. The Hall–Kier alpha value is -2.42. The molecule has 0 saturated heterocycles. The first-order valence-electron chi connectivity index (χ1n) is 8.28. The lowest BCUT2D eigenvalue weighted by Gasteiger charge is -2.10. The normalized spacial score (nSPS) is 10.7. The molecule has 1 aromatic heterocycles. The van der Waals surface area contributed by atoms with Gasteiger partial charge in [0.1, 0.15) is 0 Å². The third kappa shape index (κ3) is 3.72. The average molecular weight is 421 g/mol. The summed E-state index contributed by atoms with van der Waals surface area (Å²) in [6.07, 6.45) is 0. The van der Waals surface area contributed by atoms with Crippen LogP contribution in [0.25, 0.3) is 33.6 Å². The SMILES string of the molecule is Clc1ccc(-c2cc(-c3ccccc3)cc(-c3cccc(Br)c3)n2)cc1. The molecule has 0 N–H and O–H groups in total. The van der Waals surface area contributed by atoms with Crippen LogP contribution in [0.5, 0.6) is 0 Å². The van der Waals surface area contributed by atoms with Gasteiger partial charge in [-0.15, -0.1) is 0 Å². The predicted octanol–water partition coefficient (Wildman–Crippen LogP) is 7.50. The maximum absolute atomic E-state index is 6.05. The third-order valence-corrected chi connectivity index (χ3v) is 4.94. The van der Waals surface area contributed by atoms with Gasteiger partial charge >= 0.3 is 0 Å². The van der Waals surface area contributed by atoms with Gasteiger partial charge < -0.3 is 0 Å². The van der Waals surface area contributed by atoms with Gasteiger partial charge in [-0.3, -0.25) is 0 Å². The van der Waals surface area contributed by atoms with E-state index >= 15 is 0 Å². The molecule has 0 amide bonds. The zero-order valence-electron chi connectivity index (χ0n) is 13.9. The van der Waals surface area contributed by atoms with Crippen molar-refractivity contribution in [3.8, 4) is 33.6 Å². The molecule has 0 unspecified atom stereocenters. The highest BCUT2D eigenvalue weighted by Gasteiger charge is 2.09. The Kier molecular flexibility index (Phi) is 4.87. The van der Waals surface area contributed by atoms with E-state index in [9.17, 15) is 0 Å². The number of aromatic nitrogens is 1. The minimum atomic E-state index is 0.722. The monoisotopic (exact) mass is 419 g/mol. The molecular weight excluding hydrogens is 406 g/mol. The summed E-state index contributed by atoms with van der Waals surface area (Å²) in [6.45, 7) is 0. The number of hydrogen-bond donors (Lipinski definition) is 0. The van der Waals surface area contributed by atoms with Crippen LogP contribution in [-0.4, -0.2) is 4.98 Å². The van der Waals surface area contributed by atoms with Gasteiger partial charge in [-0.2, -0.15) is 0 Å². The highest BCUT2D eigenvalue weighted by Crippen LogP contribution is 2.31. The maximum Gasteiger partial charge on any atom is 0.0716 e. The second kappa shape index (κ2) is 7.45. The lowest BCUT2D eigenvalue weighted by Crippen LogP contribution is -1.91. The van der Waals surface area contributed by atoms with Crippen molar-refractivity contribution >= 4 is 27.5 Å². The molecule has 3 heteroatoms. The van der Waals surface area contributed by atoms with Crippen molar-refractivity contribution < 1.29 is 0 Å². The summed E-state index contributed by atoms with van der Waals surface area (Å²) in [4.78, 5) is 4.91. The number of halogens is 2. The summed E-state index contributed by atoms with van der Waals surface area (Å²) in [5.74, 6) is 0. The topological polar surface area (TPSA) is 12.9 Å². The molecule has 0 radical (unpaired) electrons. The third-order valence-electron chi connectivity index (χ3n) is 4.19. The molecule has 1 nitrogen and oxygen atoms in total. The van der Waals surface area contributed by atoms with Gasteiger partial charge in [0, 0.05) is 20.6 Å². The fourth-order valence-electron chi connectivity index (χ4n) is 2.89. The maximum atomic E-state index is 6.05. The van der Waals surface area contributed by atoms with E-state index in [-0.39, 0.29) is 0 Å². The van der Waals surface area contributed by atoms with Gasteiger partial charge in [-0.1, -0.05) is 82.1 Å². The van der Waals surface area contributed by atoms with E-state index in [1.165, 1.54) is 5.56 Å². The molecule has 0 saturated carbocycles. The number of pyridine rings is 1. The van der Waals surface area contributed by atoms with E-state index in [0.717, 1.165) is 37.6 Å². The van der Waals surface area contributed by atoms with Gasteiger partial charge in [-0.25, -0.2) is 4.98 Å². The smallest absolute Gasteiger partial charge is 0.0716 e. The van der Waals surface area contributed by atoms with Crippen molar-refractivity contribution in [3.63, 3.8) is 0 Å². The first kappa shape index (κ1) is 17.0. The molecule has 0 aliphatic heterocycles. The van der Waals surface area contributed by atoms with Crippen LogP contribution in [0.4, 0.5) is 0 Å². The fourth-order valence-corrected chi connectivity index (χ4v) is 3.42. The molecule has 0 aliphatic carbocycles. The molecule has 26 heavy (non-hydrogen) atoms. The Morgan fingerprint density at radius 3 is 1.92 bits per heavy atom. The zero-order chi connectivity index (χ0) is 17.9. The molecule has 0 aliphatic rings. The molecule has 4 aromatic rings. The first-order valence-corrected chi connectivity index (χ1v) is 9.45. The van der Waals surface area contributed by atoms with Crippen LogP contribution in [0, 0.1) is 0 Å². The van der Waals surface area contributed by atoms with Gasteiger partial charge in [0.15, 0.2) is 0 Å².